The van der Waals surface area contributed by atoms with Gasteiger partial charge in [0, 0.05) is 17.4 Å². The standard InChI is InChI=1S/C32H38O4/c1-20-16-27-29-10-13-32(35,12-3-14-33)31(29,2)18-28(30(27)25-9-8-24(34)17-26(20)25)22-6-4-21(5-7-22)23-11-15-36-19-23/h3-7,11-12,15,17,19-20,25,27-30,33,35H,8-10,13-14,16,18H2,1-2H3/b12-3-/t20-,25+,27+,28-,29+,30-,31+,32+/m1/s1. The number of carbonyl (C=O) groups excluding carboxylic acids is 1. The molecule has 2 N–H and O–H groups in total. The molecule has 4 aliphatic rings. The Morgan fingerprint density at radius 3 is 2.64 bits per heavy atom. The number of ketones is 1. The number of furan rings is 1. The number of hydrogen-bond acceptors (Lipinski definition) is 4. The number of hydrogen-bond donors (Lipinski definition) is 2. The first-order valence-corrected chi connectivity index (χ1v) is 13.7. The van der Waals surface area contributed by atoms with Gasteiger partial charge in [0.15, 0.2) is 5.78 Å². The topological polar surface area (TPSA) is 70.7 Å². The van der Waals surface area contributed by atoms with E-state index < -0.39 is 5.60 Å². The van der Waals surface area contributed by atoms with Gasteiger partial charge >= 0.3 is 0 Å². The van der Waals surface area contributed by atoms with E-state index in [-0.39, 0.29) is 17.8 Å². The third-order valence-corrected chi connectivity index (χ3v) is 10.6. The normalized spacial score (nSPS) is 40.0. The molecule has 3 fully saturated rings. The Kier molecular flexibility index (Phi) is 5.88. The zero-order chi connectivity index (χ0) is 25.1. The van der Waals surface area contributed by atoms with Crippen LogP contribution in [-0.4, -0.2) is 28.2 Å². The van der Waals surface area contributed by atoms with E-state index in [9.17, 15) is 15.0 Å². The Bertz CT molecular complexity index is 1180. The molecular weight excluding hydrogens is 448 g/mol. The SMILES string of the molecule is C[C@@H]1C[C@@H]2[C@H]([C@@H](c3ccc(-c4ccoc4)cc3)C[C@@]3(C)[C@H]2CC[C@@]3(O)/C=C\CO)[C@H]2CCC(=O)C=C12. The Labute approximate surface area is 214 Å². The number of fused-ring (bicyclic) bond motifs is 5. The Hall–Kier alpha value is -2.43. The number of aliphatic hydroxyl groups is 2. The van der Waals surface area contributed by atoms with Gasteiger partial charge in [0.05, 0.1) is 24.7 Å². The van der Waals surface area contributed by atoms with Gasteiger partial charge in [-0.15, -0.1) is 0 Å². The summed E-state index contributed by atoms with van der Waals surface area (Å²) in [5.74, 6) is 2.91. The van der Waals surface area contributed by atoms with Crippen LogP contribution in [0.5, 0.6) is 0 Å². The first-order valence-electron chi connectivity index (χ1n) is 13.7. The average molecular weight is 487 g/mol. The van der Waals surface area contributed by atoms with Gasteiger partial charge in [-0.1, -0.05) is 55.8 Å². The fourth-order valence-electron chi connectivity index (χ4n) is 8.88. The molecule has 36 heavy (non-hydrogen) atoms. The van der Waals surface area contributed by atoms with E-state index in [1.807, 2.05) is 18.2 Å². The second-order valence-corrected chi connectivity index (χ2v) is 12.2. The molecule has 0 radical (unpaired) electrons. The first-order chi connectivity index (χ1) is 17.3. The molecule has 2 aromatic rings. The highest BCUT2D eigenvalue weighted by atomic mass is 16.3. The molecule has 190 valence electrons. The van der Waals surface area contributed by atoms with Crippen molar-refractivity contribution >= 4 is 5.78 Å². The molecule has 4 nitrogen and oxygen atoms in total. The summed E-state index contributed by atoms with van der Waals surface area (Å²) in [7, 11) is 0. The van der Waals surface area contributed by atoms with Gasteiger partial charge < -0.3 is 14.6 Å². The number of aliphatic hydroxyl groups excluding tert-OH is 1. The fraction of sp³-hybridized carbons (Fsp3) is 0.531. The quantitative estimate of drug-likeness (QED) is 0.497. The van der Waals surface area contributed by atoms with Crippen molar-refractivity contribution in [3.8, 4) is 11.1 Å². The van der Waals surface area contributed by atoms with E-state index >= 15 is 0 Å². The lowest BCUT2D eigenvalue weighted by molar-refractivity contribution is -0.118. The molecule has 1 aromatic carbocycles. The second kappa shape index (κ2) is 8.85. The van der Waals surface area contributed by atoms with Crippen molar-refractivity contribution < 1.29 is 19.4 Å². The highest BCUT2D eigenvalue weighted by molar-refractivity contribution is 5.91. The van der Waals surface area contributed by atoms with Crippen molar-refractivity contribution in [2.75, 3.05) is 6.61 Å². The number of rotatable bonds is 4. The summed E-state index contributed by atoms with van der Waals surface area (Å²) in [6, 6.07) is 10.9. The van der Waals surface area contributed by atoms with Gasteiger partial charge in [-0.3, -0.25) is 4.79 Å². The average Bonchev–Trinajstić information content (AvgIpc) is 3.50. The van der Waals surface area contributed by atoms with Crippen LogP contribution in [0, 0.1) is 35.0 Å². The van der Waals surface area contributed by atoms with Crippen molar-refractivity contribution in [3.05, 3.63) is 72.2 Å². The summed E-state index contributed by atoms with van der Waals surface area (Å²) in [4.78, 5) is 12.4. The van der Waals surface area contributed by atoms with Gasteiger partial charge in [0.1, 0.15) is 0 Å². The summed E-state index contributed by atoms with van der Waals surface area (Å²) in [5.41, 5.74) is 3.79. The molecule has 1 heterocycles. The minimum Gasteiger partial charge on any atom is -0.472 e. The highest BCUT2D eigenvalue weighted by Crippen LogP contribution is 2.69. The van der Waals surface area contributed by atoms with Crippen molar-refractivity contribution in [3.63, 3.8) is 0 Å². The molecule has 0 bridgehead atoms. The van der Waals surface area contributed by atoms with Crippen LogP contribution < -0.4 is 0 Å². The van der Waals surface area contributed by atoms with Crippen LogP contribution in [0.2, 0.25) is 0 Å². The molecule has 1 aromatic heterocycles. The fourth-order valence-corrected chi connectivity index (χ4v) is 8.88. The van der Waals surface area contributed by atoms with Gasteiger partial charge in [0.25, 0.3) is 0 Å². The lowest BCUT2D eigenvalue weighted by atomic mass is 9.45. The monoisotopic (exact) mass is 486 g/mol. The second-order valence-electron chi connectivity index (χ2n) is 12.2. The third kappa shape index (κ3) is 3.60. The van der Waals surface area contributed by atoms with Gasteiger partial charge in [-0.2, -0.15) is 0 Å². The van der Waals surface area contributed by atoms with Crippen LogP contribution in [0.1, 0.15) is 63.9 Å². The molecule has 0 spiro atoms. The molecule has 4 heteroatoms. The van der Waals surface area contributed by atoms with Crippen molar-refractivity contribution in [1.82, 2.24) is 0 Å². The summed E-state index contributed by atoms with van der Waals surface area (Å²) in [5, 5.41) is 21.5. The smallest absolute Gasteiger partial charge is 0.155 e. The molecule has 4 aliphatic carbocycles. The van der Waals surface area contributed by atoms with E-state index in [0.717, 1.165) is 43.2 Å². The zero-order valence-corrected chi connectivity index (χ0v) is 21.4. The minimum absolute atomic E-state index is 0.0463. The van der Waals surface area contributed by atoms with Crippen LogP contribution in [0.15, 0.2) is 71.1 Å². The molecular formula is C32H38O4. The molecule has 6 rings (SSSR count). The van der Waals surface area contributed by atoms with Crippen molar-refractivity contribution in [1.29, 1.82) is 0 Å². The molecule has 0 amide bonds. The van der Waals surface area contributed by atoms with Crippen LogP contribution in [0.3, 0.4) is 0 Å². The Morgan fingerprint density at radius 1 is 1.11 bits per heavy atom. The zero-order valence-electron chi connectivity index (χ0n) is 21.4. The number of allylic oxidation sites excluding steroid dienone is 1. The third-order valence-electron chi connectivity index (χ3n) is 10.6. The predicted octanol–water partition coefficient (Wildman–Crippen LogP) is 6.31. The minimum atomic E-state index is -0.901. The molecule has 0 unspecified atom stereocenters. The Balaban J connectivity index is 1.44. The molecule has 8 atom stereocenters. The van der Waals surface area contributed by atoms with Crippen LogP contribution in [-0.2, 0) is 4.79 Å². The van der Waals surface area contributed by atoms with Gasteiger partial charge in [-0.25, -0.2) is 0 Å². The number of carbonyl (C=O) groups is 1. The molecule has 0 aliphatic heterocycles. The Morgan fingerprint density at radius 2 is 1.92 bits per heavy atom. The van der Waals surface area contributed by atoms with E-state index in [4.69, 9.17) is 4.42 Å². The lowest BCUT2D eigenvalue weighted by Gasteiger charge is -2.59. The van der Waals surface area contributed by atoms with E-state index in [0.29, 0.717) is 41.9 Å². The van der Waals surface area contributed by atoms with Crippen LogP contribution in [0.25, 0.3) is 11.1 Å². The summed E-state index contributed by atoms with van der Waals surface area (Å²) >= 11 is 0. The summed E-state index contributed by atoms with van der Waals surface area (Å²) < 4.78 is 5.29. The first kappa shape index (κ1) is 23.9. The van der Waals surface area contributed by atoms with Crippen LogP contribution in [0.4, 0.5) is 0 Å². The molecule has 3 saturated carbocycles. The maximum atomic E-state index is 12.4. The highest BCUT2D eigenvalue weighted by Gasteiger charge is 2.64. The summed E-state index contributed by atoms with van der Waals surface area (Å²) in [6.45, 7) is 4.56. The van der Waals surface area contributed by atoms with E-state index in [2.05, 4.69) is 38.1 Å². The van der Waals surface area contributed by atoms with E-state index in [1.165, 1.54) is 11.1 Å². The summed E-state index contributed by atoms with van der Waals surface area (Å²) in [6.07, 6.45) is 14.5. The lowest BCUT2D eigenvalue weighted by Crippen LogP contribution is -2.55. The maximum absolute atomic E-state index is 12.4. The number of benzene rings is 1. The van der Waals surface area contributed by atoms with Crippen molar-refractivity contribution in [2.45, 2.75) is 63.9 Å². The van der Waals surface area contributed by atoms with Gasteiger partial charge in [0.2, 0.25) is 0 Å². The van der Waals surface area contributed by atoms with Crippen molar-refractivity contribution in [2.24, 2.45) is 35.0 Å². The molecule has 0 saturated heterocycles. The maximum Gasteiger partial charge on any atom is 0.155 e. The largest absolute Gasteiger partial charge is 0.472 e. The van der Waals surface area contributed by atoms with Crippen LogP contribution >= 0.6 is 0 Å². The predicted molar refractivity (Wildman–Crippen MR) is 140 cm³/mol. The van der Waals surface area contributed by atoms with Gasteiger partial charge in [-0.05, 0) is 90.9 Å². The van der Waals surface area contributed by atoms with E-state index in [1.54, 1.807) is 18.6 Å².